The predicted octanol–water partition coefficient (Wildman–Crippen LogP) is 11.9. The highest BCUT2D eigenvalue weighted by molar-refractivity contribution is 6.78. The first kappa shape index (κ1) is 59.4. The van der Waals surface area contributed by atoms with Crippen LogP contribution in [0.2, 0.25) is 16.6 Å². The van der Waals surface area contributed by atoms with Gasteiger partial charge in [0.2, 0.25) is 0 Å². The number of cyclic esters (lactones) is 1. The smallest absolute Gasteiger partial charge is 0.410 e. The minimum absolute atomic E-state index is 0.0696. The van der Waals surface area contributed by atoms with E-state index in [0.717, 1.165) is 61.4 Å². The number of hydrazine groups is 1. The fourth-order valence-electron chi connectivity index (χ4n) is 12.0. The second kappa shape index (κ2) is 24.6. The quantitative estimate of drug-likeness (QED) is 0.0497. The Morgan fingerprint density at radius 3 is 2.25 bits per heavy atom. The Morgan fingerprint density at radius 2 is 1.60 bits per heavy atom. The molecular formula is C63H85N7O9Si. The number of ether oxygens (including phenoxy) is 4. The maximum absolute atomic E-state index is 14.8. The number of carbonyl (C=O) groups is 4. The van der Waals surface area contributed by atoms with Crippen LogP contribution in [-0.2, 0) is 54.5 Å². The number of fused-ring (bicyclic) bond motifs is 6. The molecule has 0 saturated carbocycles. The number of rotatable bonds is 13. The van der Waals surface area contributed by atoms with Gasteiger partial charge in [-0.25, -0.2) is 19.8 Å². The number of amides is 3. The van der Waals surface area contributed by atoms with E-state index in [-0.39, 0.29) is 55.0 Å². The number of benzene rings is 3. The number of methoxy groups -OCH3 is 1. The Labute approximate surface area is 474 Å². The fraction of sp³-hybridized carbons (Fsp3) is 0.508. The van der Waals surface area contributed by atoms with Gasteiger partial charge in [0, 0.05) is 68.1 Å². The number of hydrogen-bond donors (Lipinski definition) is 2. The van der Waals surface area contributed by atoms with E-state index in [9.17, 15) is 19.2 Å². The molecule has 8 rings (SSSR count). The number of hydrogen-bond acceptors (Lipinski definition) is 12. The molecule has 5 heterocycles. The van der Waals surface area contributed by atoms with Crippen LogP contribution in [-0.4, -0.2) is 116 Å². The number of aromatic nitrogens is 2. The summed E-state index contributed by atoms with van der Waals surface area (Å²) < 4.78 is 33.6. The molecule has 3 aromatic carbocycles. The van der Waals surface area contributed by atoms with Crippen LogP contribution in [0.3, 0.4) is 0 Å². The summed E-state index contributed by atoms with van der Waals surface area (Å²) in [5.74, 6) is -0.271. The molecule has 6 bridgehead atoms. The number of nitrogens with one attached hydrogen (secondary N) is 2. The van der Waals surface area contributed by atoms with E-state index in [4.69, 9.17) is 28.4 Å². The lowest BCUT2D eigenvalue weighted by Gasteiger charge is -2.42. The zero-order valence-corrected chi connectivity index (χ0v) is 50.6. The minimum Gasteiger partial charge on any atom is -0.543 e. The molecule has 0 unspecified atom stereocenters. The number of alkyl carbamates (subject to hydrolysis) is 1. The van der Waals surface area contributed by atoms with Crippen molar-refractivity contribution in [2.45, 2.75) is 156 Å². The molecule has 1 saturated heterocycles. The summed E-state index contributed by atoms with van der Waals surface area (Å²) in [4.78, 5) is 65.1. The van der Waals surface area contributed by atoms with Crippen molar-refractivity contribution in [3.8, 4) is 28.1 Å². The van der Waals surface area contributed by atoms with Gasteiger partial charge in [-0.2, -0.15) is 0 Å². The second-order valence-corrected chi connectivity index (χ2v) is 29.8. The van der Waals surface area contributed by atoms with E-state index < -0.39 is 49.4 Å². The summed E-state index contributed by atoms with van der Waals surface area (Å²) in [6.07, 6.45) is 4.54. The largest absolute Gasteiger partial charge is 0.543 e. The highest BCUT2D eigenvalue weighted by atomic mass is 28.4. The number of aryl methyl sites for hydroxylation is 1. The summed E-state index contributed by atoms with van der Waals surface area (Å²) in [5, 5.41) is 5.31. The lowest BCUT2D eigenvalue weighted by Crippen LogP contribution is -2.59. The molecule has 0 radical (unpaired) electrons. The third-order valence-corrected chi connectivity index (χ3v) is 21.9. The zero-order valence-electron chi connectivity index (χ0n) is 49.6. The molecule has 0 aliphatic carbocycles. The first-order chi connectivity index (χ1) is 37.9. The third kappa shape index (κ3) is 13.2. The maximum atomic E-state index is 14.8. The molecule has 3 amide bonds. The van der Waals surface area contributed by atoms with E-state index in [1.807, 2.05) is 49.5 Å². The zero-order chi connectivity index (χ0) is 57.8. The Bertz CT molecular complexity index is 3040. The Morgan fingerprint density at radius 1 is 0.900 bits per heavy atom. The van der Waals surface area contributed by atoms with Crippen molar-refractivity contribution < 1.29 is 42.6 Å². The molecule has 3 aliphatic heterocycles. The van der Waals surface area contributed by atoms with Gasteiger partial charge < -0.3 is 43.1 Å². The average molecular weight is 1110 g/mol. The molecule has 5 aromatic rings. The molecule has 80 heavy (non-hydrogen) atoms. The van der Waals surface area contributed by atoms with Gasteiger partial charge in [0.15, 0.2) is 0 Å². The van der Waals surface area contributed by atoms with Gasteiger partial charge in [-0.05, 0) is 116 Å². The van der Waals surface area contributed by atoms with Crippen molar-refractivity contribution in [3.05, 3.63) is 114 Å². The van der Waals surface area contributed by atoms with Crippen LogP contribution < -0.4 is 20.1 Å². The molecule has 16 nitrogen and oxygen atoms in total. The first-order valence-corrected chi connectivity index (χ1v) is 30.7. The van der Waals surface area contributed by atoms with Crippen molar-refractivity contribution in [3.63, 3.8) is 0 Å². The summed E-state index contributed by atoms with van der Waals surface area (Å²) in [6, 6.07) is 22.7. The Kier molecular flexibility index (Phi) is 18.3. The standard InChI is InChI=1S/C63H85N7O9Si/c1-15-69-55-24-23-46-34-50(55)52(57(69)51-35-48(37-64-56(51)43(8)75-14)67-26-28-68(29-27-67)61(74)76-38-44-20-17-16-18-21-44)36-63(12,13)39-77-59(72)53-22-19-25-70(66-53)58(71)54(65-60(73)78-62(9,10)11)32-45-30-47(46)33-49(31-45)79-80(40(2)3,41(4)5)42(6)7/h16-24,30-31,33-35,37,40-43,53-54,66H,15,25-29,32,36,38-39H2,1-14H3,(H,65,73)/t43-,53-,54-/m0/s1. The van der Waals surface area contributed by atoms with Gasteiger partial charge >= 0.3 is 18.2 Å². The van der Waals surface area contributed by atoms with Gasteiger partial charge in [-0.1, -0.05) is 110 Å². The van der Waals surface area contributed by atoms with E-state index in [2.05, 4.69) is 119 Å². The summed E-state index contributed by atoms with van der Waals surface area (Å²) >= 11 is 0. The molecule has 2 aromatic heterocycles. The molecule has 3 atom stereocenters. The number of piperazine rings is 1. The van der Waals surface area contributed by atoms with Crippen molar-refractivity contribution in [2.24, 2.45) is 5.41 Å². The summed E-state index contributed by atoms with van der Waals surface area (Å²) in [6.45, 7) is 30.5. The van der Waals surface area contributed by atoms with Gasteiger partial charge in [-0.3, -0.25) is 14.8 Å². The first-order valence-electron chi connectivity index (χ1n) is 28.5. The highest BCUT2D eigenvalue weighted by Crippen LogP contribution is 2.46. The van der Waals surface area contributed by atoms with Crippen LogP contribution in [0.4, 0.5) is 15.3 Å². The third-order valence-electron chi connectivity index (χ3n) is 15.9. The van der Waals surface area contributed by atoms with Crippen LogP contribution in [0.25, 0.3) is 33.3 Å². The number of nitrogens with zero attached hydrogens (tertiary/aromatic N) is 5. The highest BCUT2D eigenvalue weighted by Gasteiger charge is 2.47. The summed E-state index contributed by atoms with van der Waals surface area (Å²) in [7, 11) is -0.829. The number of anilines is 1. The van der Waals surface area contributed by atoms with Crippen LogP contribution in [0.5, 0.6) is 5.75 Å². The molecular weight excluding hydrogens is 1030 g/mol. The molecule has 3 aliphatic rings. The lowest BCUT2D eigenvalue weighted by atomic mass is 9.84. The number of carbonyl (C=O) groups excluding carboxylic acids is 4. The van der Waals surface area contributed by atoms with E-state index in [1.165, 1.54) is 5.01 Å². The van der Waals surface area contributed by atoms with E-state index in [1.54, 1.807) is 44.9 Å². The number of esters is 1. The van der Waals surface area contributed by atoms with Crippen molar-refractivity contribution in [1.82, 2.24) is 30.2 Å². The molecule has 0 spiro atoms. The van der Waals surface area contributed by atoms with E-state index >= 15 is 0 Å². The van der Waals surface area contributed by atoms with Gasteiger partial charge in [0.1, 0.15) is 30.0 Å². The average Bonchev–Trinajstić information content (AvgIpc) is 3.77. The van der Waals surface area contributed by atoms with Crippen LogP contribution in [0, 0.1) is 5.41 Å². The molecule has 1 fully saturated rings. The molecule has 2 N–H and O–H groups in total. The van der Waals surface area contributed by atoms with Crippen molar-refractivity contribution in [2.75, 3.05) is 51.3 Å². The predicted molar refractivity (Wildman–Crippen MR) is 317 cm³/mol. The topological polar surface area (TPSA) is 166 Å². The maximum Gasteiger partial charge on any atom is 0.410 e. The lowest BCUT2D eigenvalue weighted by molar-refractivity contribution is -0.151. The fourth-order valence-corrected chi connectivity index (χ4v) is 17.2. The molecule has 17 heteroatoms. The normalized spacial score (nSPS) is 18.6. The molecule has 430 valence electrons. The van der Waals surface area contributed by atoms with E-state index in [0.29, 0.717) is 44.9 Å². The Hall–Kier alpha value is -6.69. The second-order valence-electron chi connectivity index (χ2n) is 24.4. The van der Waals surface area contributed by atoms with Crippen LogP contribution >= 0.6 is 0 Å². The minimum atomic E-state index is -2.53. The van der Waals surface area contributed by atoms with Crippen LogP contribution in [0.1, 0.15) is 118 Å². The van der Waals surface area contributed by atoms with Gasteiger partial charge in [-0.15, -0.1) is 0 Å². The van der Waals surface area contributed by atoms with Crippen molar-refractivity contribution >= 4 is 49.0 Å². The Balaban J connectivity index is 1.29. The van der Waals surface area contributed by atoms with Crippen molar-refractivity contribution in [1.29, 1.82) is 0 Å². The van der Waals surface area contributed by atoms with Gasteiger partial charge in [0.25, 0.3) is 14.2 Å². The summed E-state index contributed by atoms with van der Waals surface area (Å²) in [5.41, 5.74) is 11.8. The monoisotopic (exact) mass is 1110 g/mol. The van der Waals surface area contributed by atoms with Crippen LogP contribution in [0.15, 0.2) is 91.1 Å². The van der Waals surface area contributed by atoms with Gasteiger partial charge in [0.05, 0.1) is 42.5 Å². The SMILES string of the molecule is CCn1c(-c2cc(N3CCN(C(=O)OCc4ccccc4)CC3)cnc2[C@H](C)OC)c2c3cc(ccc31)-c1cc(cc(O[Si](C(C)C)(C(C)C)C(C)C)c1)C[C@H](NC(=O)OC(C)(C)C)C(=O)N1CC=C[C@H](N1)C(=O)OCC(C)(C)C2. The number of pyridine rings is 1.